The van der Waals surface area contributed by atoms with Gasteiger partial charge in [0.05, 0.1) is 5.92 Å². The highest BCUT2D eigenvalue weighted by molar-refractivity contribution is 5.75. The fourth-order valence-electron chi connectivity index (χ4n) is 1.35. The quantitative estimate of drug-likeness (QED) is 0.672. The molecule has 106 valence electrons. The lowest BCUT2D eigenvalue weighted by molar-refractivity contribution is -0.140. The van der Waals surface area contributed by atoms with Crippen molar-refractivity contribution in [1.29, 1.82) is 0 Å². The second kappa shape index (κ2) is 8.74. The van der Waals surface area contributed by atoms with Crippen molar-refractivity contribution in [1.82, 2.24) is 15.1 Å². The predicted molar refractivity (Wildman–Crippen MR) is 70.6 cm³/mol. The topological polar surface area (TPSA) is 72.9 Å². The first-order valence-corrected chi connectivity index (χ1v) is 6.28. The van der Waals surface area contributed by atoms with E-state index in [0.717, 1.165) is 13.0 Å². The number of carbonyl (C=O) groups is 2. The summed E-state index contributed by atoms with van der Waals surface area (Å²) in [5.74, 6) is -1.46. The Hall–Kier alpha value is -1.30. The lowest BCUT2D eigenvalue weighted by atomic mass is 10.2. The van der Waals surface area contributed by atoms with Gasteiger partial charge in [0, 0.05) is 26.2 Å². The Morgan fingerprint density at radius 1 is 1.22 bits per heavy atom. The Kier molecular flexibility index (Phi) is 8.11. The van der Waals surface area contributed by atoms with Gasteiger partial charge in [-0.05, 0) is 20.5 Å². The summed E-state index contributed by atoms with van der Waals surface area (Å²) in [6.07, 6.45) is 0.884. The van der Waals surface area contributed by atoms with E-state index in [2.05, 4.69) is 5.32 Å². The minimum Gasteiger partial charge on any atom is -0.481 e. The van der Waals surface area contributed by atoms with Gasteiger partial charge in [0.15, 0.2) is 0 Å². The lowest BCUT2D eigenvalue weighted by Crippen LogP contribution is -2.45. The summed E-state index contributed by atoms with van der Waals surface area (Å²) in [6.45, 7) is 5.87. The van der Waals surface area contributed by atoms with Crippen LogP contribution < -0.4 is 5.32 Å². The molecule has 0 saturated carbocycles. The number of carbonyl (C=O) groups excluding carboxylic acids is 1. The molecule has 0 bridgehead atoms. The Bertz CT molecular complexity index is 269. The molecule has 0 saturated heterocycles. The maximum Gasteiger partial charge on any atom is 0.317 e. The molecule has 2 N–H and O–H groups in total. The molecular formula is C12H25N3O3. The summed E-state index contributed by atoms with van der Waals surface area (Å²) in [5.41, 5.74) is 0. The number of amides is 2. The van der Waals surface area contributed by atoms with Crippen LogP contribution in [0.2, 0.25) is 0 Å². The molecule has 0 aromatic rings. The Balaban J connectivity index is 4.16. The molecule has 0 aromatic heterocycles. The average molecular weight is 259 g/mol. The number of hydrogen-bond donors (Lipinski definition) is 2. The lowest BCUT2D eigenvalue weighted by Gasteiger charge is -2.24. The van der Waals surface area contributed by atoms with Crippen molar-refractivity contribution in [2.45, 2.75) is 20.3 Å². The van der Waals surface area contributed by atoms with E-state index in [-0.39, 0.29) is 12.6 Å². The van der Waals surface area contributed by atoms with Gasteiger partial charge in [-0.1, -0.05) is 13.8 Å². The highest BCUT2D eigenvalue weighted by Gasteiger charge is 2.16. The second-order valence-corrected chi connectivity index (χ2v) is 4.72. The van der Waals surface area contributed by atoms with Gasteiger partial charge in [-0.15, -0.1) is 0 Å². The zero-order valence-electron chi connectivity index (χ0n) is 11.8. The van der Waals surface area contributed by atoms with Crippen LogP contribution in [0, 0.1) is 5.92 Å². The highest BCUT2D eigenvalue weighted by atomic mass is 16.4. The molecule has 0 spiro atoms. The van der Waals surface area contributed by atoms with Crippen LogP contribution in [-0.4, -0.2) is 67.2 Å². The zero-order chi connectivity index (χ0) is 14.1. The minimum atomic E-state index is -0.898. The van der Waals surface area contributed by atoms with Crippen molar-refractivity contribution in [2.75, 3.05) is 40.3 Å². The SMILES string of the molecule is CCCN(CCN(C)C)C(=O)NCC(C)C(=O)O. The number of aliphatic carboxylic acids is 1. The first kappa shape index (κ1) is 16.7. The second-order valence-electron chi connectivity index (χ2n) is 4.72. The minimum absolute atomic E-state index is 0.163. The van der Waals surface area contributed by atoms with E-state index in [0.29, 0.717) is 13.1 Å². The largest absolute Gasteiger partial charge is 0.481 e. The number of carboxylic acid groups (broad SMARTS) is 1. The van der Waals surface area contributed by atoms with Gasteiger partial charge in [0.2, 0.25) is 0 Å². The number of rotatable bonds is 8. The van der Waals surface area contributed by atoms with Crippen LogP contribution >= 0.6 is 0 Å². The Labute approximate surface area is 109 Å². The molecule has 2 amide bonds. The first-order valence-electron chi connectivity index (χ1n) is 6.28. The van der Waals surface area contributed by atoms with Gasteiger partial charge in [-0.2, -0.15) is 0 Å². The molecule has 1 unspecified atom stereocenters. The average Bonchev–Trinajstić information content (AvgIpc) is 2.30. The number of nitrogens with one attached hydrogen (secondary N) is 1. The van der Waals surface area contributed by atoms with Crippen molar-refractivity contribution in [3.05, 3.63) is 0 Å². The molecule has 0 heterocycles. The summed E-state index contributed by atoms with van der Waals surface area (Å²) in [5, 5.41) is 11.4. The number of hydrogen-bond acceptors (Lipinski definition) is 3. The molecule has 0 aliphatic heterocycles. The van der Waals surface area contributed by atoms with Crippen molar-refractivity contribution < 1.29 is 14.7 Å². The molecular weight excluding hydrogens is 234 g/mol. The molecule has 0 fully saturated rings. The van der Waals surface area contributed by atoms with Crippen molar-refractivity contribution in [3.63, 3.8) is 0 Å². The Morgan fingerprint density at radius 2 is 1.83 bits per heavy atom. The van der Waals surface area contributed by atoms with Gasteiger partial charge >= 0.3 is 12.0 Å². The fourth-order valence-corrected chi connectivity index (χ4v) is 1.35. The summed E-state index contributed by atoms with van der Waals surface area (Å²) in [4.78, 5) is 26.3. The standard InChI is InChI=1S/C12H25N3O3/c1-5-6-15(8-7-14(3)4)12(18)13-9-10(2)11(16)17/h10H,5-9H2,1-4H3,(H,13,18)(H,16,17). The monoisotopic (exact) mass is 259 g/mol. The van der Waals surface area contributed by atoms with Gasteiger partial charge in [0.25, 0.3) is 0 Å². The molecule has 0 aromatic carbocycles. The van der Waals surface area contributed by atoms with Crippen molar-refractivity contribution in [3.8, 4) is 0 Å². The molecule has 0 aliphatic carbocycles. The van der Waals surface area contributed by atoms with E-state index in [1.807, 2.05) is 25.9 Å². The van der Waals surface area contributed by atoms with E-state index in [1.165, 1.54) is 0 Å². The van der Waals surface area contributed by atoms with Crippen molar-refractivity contribution >= 4 is 12.0 Å². The van der Waals surface area contributed by atoms with Gasteiger partial charge < -0.3 is 20.2 Å². The third kappa shape index (κ3) is 7.11. The van der Waals surface area contributed by atoms with E-state index < -0.39 is 11.9 Å². The van der Waals surface area contributed by atoms with E-state index in [4.69, 9.17) is 5.11 Å². The molecule has 6 nitrogen and oxygen atoms in total. The summed E-state index contributed by atoms with van der Waals surface area (Å²) >= 11 is 0. The maximum absolute atomic E-state index is 11.9. The number of urea groups is 1. The van der Waals surface area contributed by atoms with Crippen LogP contribution in [0.5, 0.6) is 0 Å². The van der Waals surface area contributed by atoms with Crippen LogP contribution in [0.3, 0.4) is 0 Å². The number of likely N-dealkylation sites (N-methyl/N-ethyl adjacent to an activating group) is 1. The smallest absolute Gasteiger partial charge is 0.317 e. The van der Waals surface area contributed by atoms with Gasteiger partial charge in [0.1, 0.15) is 0 Å². The van der Waals surface area contributed by atoms with Crippen LogP contribution in [0.4, 0.5) is 4.79 Å². The first-order chi connectivity index (χ1) is 8.38. The zero-order valence-corrected chi connectivity index (χ0v) is 11.8. The van der Waals surface area contributed by atoms with Crippen LogP contribution in [0.25, 0.3) is 0 Å². The third-order valence-electron chi connectivity index (χ3n) is 2.58. The van der Waals surface area contributed by atoms with Gasteiger partial charge in [-0.3, -0.25) is 4.79 Å². The van der Waals surface area contributed by atoms with Crippen LogP contribution in [-0.2, 0) is 4.79 Å². The fraction of sp³-hybridized carbons (Fsp3) is 0.833. The summed E-state index contributed by atoms with van der Waals surface area (Å²) < 4.78 is 0. The van der Waals surface area contributed by atoms with E-state index >= 15 is 0 Å². The normalized spacial score (nSPS) is 12.3. The Morgan fingerprint density at radius 3 is 2.28 bits per heavy atom. The summed E-state index contributed by atoms with van der Waals surface area (Å²) in [6, 6.07) is -0.188. The van der Waals surface area contributed by atoms with Gasteiger partial charge in [-0.25, -0.2) is 4.79 Å². The summed E-state index contributed by atoms with van der Waals surface area (Å²) in [7, 11) is 3.91. The van der Waals surface area contributed by atoms with E-state index in [9.17, 15) is 9.59 Å². The highest BCUT2D eigenvalue weighted by Crippen LogP contribution is 1.96. The number of nitrogens with zero attached hydrogens (tertiary/aromatic N) is 2. The van der Waals surface area contributed by atoms with Crippen LogP contribution in [0.1, 0.15) is 20.3 Å². The molecule has 0 aliphatic rings. The third-order valence-corrected chi connectivity index (χ3v) is 2.58. The number of carboxylic acids is 1. The van der Waals surface area contributed by atoms with Crippen molar-refractivity contribution in [2.24, 2.45) is 5.92 Å². The molecule has 0 radical (unpaired) electrons. The molecule has 18 heavy (non-hydrogen) atoms. The van der Waals surface area contributed by atoms with E-state index in [1.54, 1.807) is 11.8 Å². The molecule has 1 atom stereocenters. The predicted octanol–water partition coefficient (Wildman–Crippen LogP) is 0.690. The van der Waals surface area contributed by atoms with Crippen LogP contribution in [0.15, 0.2) is 0 Å². The molecule has 0 rings (SSSR count). The maximum atomic E-state index is 11.9. The molecule has 6 heteroatoms.